The van der Waals surface area contributed by atoms with Crippen molar-refractivity contribution in [3.63, 3.8) is 0 Å². The number of hydrogen-bond acceptors (Lipinski definition) is 3. The Labute approximate surface area is 147 Å². The van der Waals surface area contributed by atoms with E-state index in [4.69, 9.17) is 10.5 Å². The molecule has 3 rings (SSSR count). The molecular weight excluding hydrogens is 316 g/mol. The summed E-state index contributed by atoms with van der Waals surface area (Å²) in [6.45, 7) is 4.17. The van der Waals surface area contributed by atoms with Crippen molar-refractivity contribution in [1.29, 1.82) is 0 Å². The lowest BCUT2D eigenvalue weighted by atomic mass is 9.93. The van der Waals surface area contributed by atoms with Gasteiger partial charge in [-0.3, -0.25) is 9.59 Å². The number of ether oxygens (including phenoxy) is 1. The highest BCUT2D eigenvalue weighted by Gasteiger charge is 2.26. The van der Waals surface area contributed by atoms with Crippen LogP contribution in [0.25, 0.3) is 0 Å². The SMILES string of the molecule is CC1(C)CCc2cc(CC(=O)Nc3ccc(C(N)=O)cc3)ccc2O1. The number of aryl methyl sites for hydroxylation is 1. The van der Waals surface area contributed by atoms with Gasteiger partial charge in [-0.05, 0) is 68.1 Å². The van der Waals surface area contributed by atoms with Crippen molar-refractivity contribution < 1.29 is 14.3 Å². The minimum absolute atomic E-state index is 0.108. The third kappa shape index (κ3) is 4.18. The average Bonchev–Trinajstić information content (AvgIpc) is 2.55. The first-order valence-corrected chi connectivity index (χ1v) is 8.33. The number of anilines is 1. The minimum atomic E-state index is -0.489. The fraction of sp³-hybridized carbons (Fsp3) is 0.300. The summed E-state index contributed by atoms with van der Waals surface area (Å²) in [7, 11) is 0. The van der Waals surface area contributed by atoms with Crippen molar-refractivity contribution >= 4 is 17.5 Å². The molecule has 2 aromatic rings. The van der Waals surface area contributed by atoms with E-state index < -0.39 is 5.91 Å². The van der Waals surface area contributed by atoms with Crippen LogP contribution in [-0.2, 0) is 17.6 Å². The first kappa shape index (κ1) is 17.0. The summed E-state index contributed by atoms with van der Waals surface area (Å²) in [5, 5.41) is 2.83. The van der Waals surface area contributed by atoms with Gasteiger partial charge in [0.15, 0.2) is 0 Å². The molecule has 0 unspecified atom stereocenters. The van der Waals surface area contributed by atoms with Crippen molar-refractivity contribution in [3.05, 3.63) is 59.2 Å². The van der Waals surface area contributed by atoms with Crippen LogP contribution in [0.3, 0.4) is 0 Å². The van der Waals surface area contributed by atoms with Gasteiger partial charge in [0.2, 0.25) is 11.8 Å². The number of rotatable bonds is 4. The van der Waals surface area contributed by atoms with E-state index in [9.17, 15) is 9.59 Å². The van der Waals surface area contributed by atoms with Gasteiger partial charge >= 0.3 is 0 Å². The molecule has 0 saturated heterocycles. The largest absolute Gasteiger partial charge is 0.488 e. The second-order valence-electron chi connectivity index (χ2n) is 6.97. The summed E-state index contributed by atoms with van der Waals surface area (Å²) in [5.41, 5.74) is 8.22. The Morgan fingerprint density at radius 3 is 2.56 bits per heavy atom. The van der Waals surface area contributed by atoms with Gasteiger partial charge in [-0.1, -0.05) is 12.1 Å². The molecule has 2 aromatic carbocycles. The van der Waals surface area contributed by atoms with Crippen molar-refractivity contribution in [1.82, 2.24) is 0 Å². The molecule has 25 heavy (non-hydrogen) atoms. The molecule has 1 heterocycles. The highest BCUT2D eigenvalue weighted by Crippen LogP contribution is 2.33. The first-order chi connectivity index (χ1) is 11.8. The molecule has 0 aliphatic carbocycles. The van der Waals surface area contributed by atoms with Gasteiger partial charge in [-0.25, -0.2) is 0 Å². The predicted molar refractivity (Wildman–Crippen MR) is 96.8 cm³/mol. The number of carbonyl (C=O) groups is 2. The molecule has 0 bridgehead atoms. The van der Waals surface area contributed by atoms with E-state index in [0.29, 0.717) is 11.3 Å². The number of nitrogens with one attached hydrogen (secondary N) is 1. The lowest BCUT2D eigenvalue weighted by Gasteiger charge is -2.32. The molecule has 130 valence electrons. The maximum absolute atomic E-state index is 12.2. The third-order valence-corrected chi connectivity index (χ3v) is 4.33. The second kappa shape index (κ2) is 6.59. The monoisotopic (exact) mass is 338 g/mol. The number of primary amides is 1. The maximum Gasteiger partial charge on any atom is 0.248 e. The van der Waals surface area contributed by atoms with Gasteiger partial charge in [0.05, 0.1) is 6.42 Å². The molecular formula is C20H22N2O3. The van der Waals surface area contributed by atoms with Crippen molar-refractivity contribution in [3.8, 4) is 5.75 Å². The van der Waals surface area contributed by atoms with Gasteiger partial charge in [-0.15, -0.1) is 0 Å². The standard InChI is InChI=1S/C20H22N2O3/c1-20(2)10-9-15-11-13(3-8-17(15)25-20)12-18(23)22-16-6-4-14(5-7-16)19(21)24/h3-8,11H,9-10,12H2,1-2H3,(H2,21,24)(H,22,23). The Hall–Kier alpha value is -2.82. The number of amides is 2. The van der Waals surface area contributed by atoms with Crippen LogP contribution in [0.4, 0.5) is 5.69 Å². The van der Waals surface area contributed by atoms with Crippen LogP contribution in [0.1, 0.15) is 41.8 Å². The van der Waals surface area contributed by atoms with E-state index >= 15 is 0 Å². The van der Waals surface area contributed by atoms with Crippen LogP contribution in [0.15, 0.2) is 42.5 Å². The van der Waals surface area contributed by atoms with Gasteiger partial charge in [0.25, 0.3) is 0 Å². The highest BCUT2D eigenvalue weighted by molar-refractivity contribution is 5.95. The molecule has 5 nitrogen and oxygen atoms in total. The number of nitrogens with two attached hydrogens (primary N) is 1. The Bertz CT molecular complexity index is 810. The Balaban J connectivity index is 1.64. The van der Waals surface area contributed by atoms with E-state index in [-0.39, 0.29) is 17.9 Å². The second-order valence-corrected chi connectivity index (χ2v) is 6.97. The summed E-state index contributed by atoms with van der Waals surface area (Å²) in [4.78, 5) is 23.3. The number of carbonyl (C=O) groups excluding carboxylic acids is 2. The summed E-state index contributed by atoms with van der Waals surface area (Å²) in [6, 6.07) is 12.4. The molecule has 0 atom stereocenters. The topological polar surface area (TPSA) is 81.4 Å². The van der Waals surface area contributed by atoms with E-state index in [1.807, 2.05) is 18.2 Å². The molecule has 3 N–H and O–H groups in total. The fourth-order valence-electron chi connectivity index (χ4n) is 2.93. The minimum Gasteiger partial charge on any atom is -0.488 e. The normalized spacial score (nSPS) is 15.0. The van der Waals surface area contributed by atoms with Crippen LogP contribution < -0.4 is 15.8 Å². The van der Waals surface area contributed by atoms with E-state index in [2.05, 4.69) is 19.2 Å². The third-order valence-electron chi connectivity index (χ3n) is 4.33. The molecule has 5 heteroatoms. The first-order valence-electron chi connectivity index (χ1n) is 8.33. The van der Waals surface area contributed by atoms with Gasteiger partial charge in [0.1, 0.15) is 11.4 Å². The summed E-state index contributed by atoms with van der Waals surface area (Å²) >= 11 is 0. The Morgan fingerprint density at radius 2 is 1.88 bits per heavy atom. The number of hydrogen-bond donors (Lipinski definition) is 2. The van der Waals surface area contributed by atoms with Crippen LogP contribution in [0.2, 0.25) is 0 Å². The smallest absolute Gasteiger partial charge is 0.248 e. The zero-order valence-corrected chi connectivity index (χ0v) is 14.5. The fourth-order valence-corrected chi connectivity index (χ4v) is 2.93. The van der Waals surface area contributed by atoms with Crippen LogP contribution >= 0.6 is 0 Å². The lowest BCUT2D eigenvalue weighted by Crippen LogP contribution is -2.32. The molecule has 1 aliphatic rings. The van der Waals surface area contributed by atoms with Crippen LogP contribution in [-0.4, -0.2) is 17.4 Å². The van der Waals surface area contributed by atoms with Gasteiger partial charge < -0.3 is 15.8 Å². The van der Waals surface area contributed by atoms with Crippen molar-refractivity contribution in [2.45, 2.75) is 38.7 Å². The van der Waals surface area contributed by atoms with E-state index in [1.54, 1.807) is 24.3 Å². The van der Waals surface area contributed by atoms with Gasteiger partial charge in [0, 0.05) is 11.3 Å². The molecule has 0 aromatic heterocycles. The molecule has 2 amide bonds. The Kier molecular flexibility index (Phi) is 4.49. The highest BCUT2D eigenvalue weighted by atomic mass is 16.5. The zero-order chi connectivity index (χ0) is 18.0. The van der Waals surface area contributed by atoms with E-state index in [1.165, 1.54) is 0 Å². The van der Waals surface area contributed by atoms with Crippen LogP contribution in [0.5, 0.6) is 5.75 Å². The summed E-state index contributed by atoms with van der Waals surface area (Å²) < 4.78 is 5.97. The van der Waals surface area contributed by atoms with Crippen molar-refractivity contribution in [2.24, 2.45) is 5.73 Å². The molecule has 0 saturated carbocycles. The lowest BCUT2D eigenvalue weighted by molar-refractivity contribution is -0.115. The molecule has 1 aliphatic heterocycles. The number of benzene rings is 2. The summed E-state index contributed by atoms with van der Waals surface area (Å²) in [6.07, 6.45) is 2.20. The molecule has 0 fully saturated rings. The van der Waals surface area contributed by atoms with Crippen molar-refractivity contribution in [2.75, 3.05) is 5.32 Å². The molecule has 0 spiro atoms. The maximum atomic E-state index is 12.2. The Morgan fingerprint density at radius 1 is 1.16 bits per heavy atom. The summed E-state index contributed by atoms with van der Waals surface area (Å²) in [5.74, 6) is 0.309. The van der Waals surface area contributed by atoms with Gasteiger partial charge in [-0.2, -0.15) is 0 Å². The number of fused-ring (bicyclic) bond motifs is 1. The van der Waals surface area contributed by atoms with E-state index in [0.717, 1.165) is 29.7 Å². The zero-order valence-electron chi connectivity index (χ0n) is 14.5. The molecule has 0 radical (unpaired) electrons. The average molecular weight is 338 g/mol. The predicted octanol–water partition coefficient (Wildman–Crippen LogP) is 3.07. The van der Waals surface area contributed by atoms with Crippen LogP contribution in [0, 0.1) is 0 Å². The quantitative estimate of drug-likeness (QED) is 0.899.